The lowest BCUT2D eigenvalue weighted by atomic mass is 10.4. The zero-order valence-electron chi connectivity index (χ0n) is 9.18. The number of thiazole rings is 2. The van der Waals surface area contributed by atoms with E-state index >= 15 is 0 Å². The topological polar surface area (TPSA) is 72.0 Å². The van der Waals surface area contributed by atoms with Gasteiger partial charge in [-0.15, -0.1) is 22.7 Å². The molecule has 0 aliphatic rings. The molecule has 1 amide bonds. The van der Waals surface area contributed by atoms with Gasteiger partial charge in [0.05, 0.1) is 5.01 Å². The number of hydrogen-bond acceptors (Lipinski definition) is 6. The Hall–Kier alpha value is -1.60. The van der Waals surface area contributed by atoms with Crippen molar-refractivity contribution in [3.8, 4) is 0 Å². The fourth-order valence-corrected chi connectivity index (χ4v) is 2.46. The highest BCUT2D eigenvalue weighted by atomic mass is 32.1. The smallest absolute Gasteiger partial charge is 0.276 e. The summed E-state index contributed by atoms with van der Waals surface area (Å²) in [5.74, 6) is -0.426. The zero-order chi connectivity index (χ0) is 12.4. The van der Waals surface area contributed by atoms with Crippen LogP contribution in [0.5, 0.6) is 0 Å². The summed E-state index contributed by atoms with van der Waals surface area (Å²) < 4.78 is 0. The second kappa shape index (κ2) is 4.72. The highest BCUT2D eigenvalue weighted by Gasteiger charge is 2.12. The lowest BCUT2D eigenvalue weighted by molar-refractivity contribution is 0.100. The van der Waals surface area contributed by atoms with E-state index < -0.39 is 0 Å². The first-order valence-corrected chi connectivity index (χ1v) is 6.52. The fraction of sp³-hybridized carbons (Fsp3) is 0.200. The molecule has 0 fully saturated rings. The summed E-state index contributed by atoms with van der Waals surface area (Å²) in [6, 6.07) is 0. The standard InChI is InChI=1S/C10H9N3O2S2/c1-5(14)7-3-17-10(12-7)13-9(15)8-4-16-6(2)11-8/h3-4H,1-2H3,(H,12,13,15). The molecule has 2 aromatic heterocycles. The van der Waals surface area contributed by atoms with Crippen LogP contribution in [0.3, 0.4) is 0 Å². The molecule has 0 unspecified atom stereocenters. The summed E-state index contributed by atoms with van der Waals surface area (Å²) in [5.41, 5.74) is 0.729. The van der Waals surface area contributed by atoms with Crippen LogP contribution in [0.2, 0.25) is 0 Å². The van der Waals surface area contributed by atoms with Crippen LogP contribution >= 0.6 is 22.7 Å². The van der Waals surface area contributed by atoms with Crippen molar-refractivity contribution < 1.29 is 9.59 Å². The van der Waals surface area contributed by atoms with Crippen molar-refractivity contribution in [1.82, 2.24) is 9.97 Å². The maximum absolute atomic E-state index is 11.7. The van der Waals surface area contributed by atoms with Gasteiger partial charge in [-0.05, 0) is 6.92 Å². The number of aromatic nitrogens is 2. The molecule has 17 heavy (non-hydrogen) atoms. The first kappa shape index (κ1) is 11.9. The number of nitrogens with one attached hydrogen (secondary N) is 1. The van der Waals surface area contributed by atoms with Crippen molar-refractivity contribution in [1.29, 1.82) is 0 Å². The van der Waals surface area contributed by atoms with Gasteiger partial charge in [0.1, 0.15) is 11.4 Å². The van der Waals surface area contributed by atoms with Crippen molar-refractivity contribution in [2.45, 2.75) is 13.8 Å². The lowest BCUT2D eigenvalue weighted by Crippen LogP contribution is -2.12. The number of hydrogen-bond donors (Lipinski definition) is 1. The molecule has 0 saturated carbocycles. The van der Waals surface area contributed by atoms with Gasteiger partial charge in [-0.3, -0.25) is 14.9 Å². The van der Waals surface area contributed by atoms with E-state index in [0.29, 0.717) is 16.5 Å². The fourth-order valence-electron chi connectivity index (χ4n) is 1.12. The predicted molar refractivity (Wildman–Crippen MR) is 66.9 cm³/mol. The number of aryl methyl sites for hydroxylation is 1. The third-order valence-corrected chi connectivity index (χ3v) is 3.47. The zero-order valence-corrected chi connectivity index (χ0v) is 10.8. The molecule has 0 bridgehead atoms. The van der Waals surface area contributed by atoms with E-state index in [1.165, 1.54) is 29.6 Å². The molecule has 0 spiro atoms. The van der Waals surface area contributed by atoms with Gasteiger partial charge < -0.3 is 0 Å². The van der Waals surface area contributed by atoms with Crippen LogP contribution in [0.4, 0.5) is 5.13 Å². The van der Waals surface area contributed by atoms with Crippen molar-refractivity contribution in [2.75, 3.05) is 5.32 Å². The second-order valence-electron chi connectivity index (χ2n) is 3.30. The average molecular weight is 267 g/mol. The highest BCUT2D eigenvalue weighted by molar-refractivity contribution is 7.14. The molecule has 0 aliphatic carbocycles. The van der Waals surface area contributed by atoms with Gasteiger partial charge in [0.25, 0.3) is 5.91 Å². The van der Waals surface area contributed by atoms with Crippen LogP contribution < -0.4 is 5.32 Å². The molecular formula is C10H9N3O2S2. The van der Waals surface area contributed by atoms with Crippen LogP contribution in [-0.4, -0.2) is 21.7 Å². The molecule has 0 aromatic carbocycles. The monoisotopic (exact) mass is 267 g/mol. The Morgan fingerprint density at radius 2 is 1.88 bits per heavy atom. The third-order valence-electron chi connectivity index (χ3n) is 1.94. The molecule has 88 valence electrons. The summed E-state index contributed by atoms with van der Waals surface area (Å²) in [5, 5.41) is 7.15. The largest absolute Gasteiger partial charge is 0.296 e. The van der Waals surface area contributed by atoms with Gasteiger partial charge in [-0.2, -0.15) is 0 Å². The second-order valence-corrected chi connectivity index (χ2v) is 5.22. The van der Waals surface area contributed by atoms with Crippen molar-refractivity contribution in [3.63, 3.8) is 0 Å². The summed E-state index contributed by atoms with van der Waals surface area (Å²) >= 11 is 2.63. The van der Waals surface area contributed by atoms with E-state index in [-0.39, 0.29) is 11.7 Å². The van der Waals surface area contributed by atoms with E-state index in [1.807, 2.05) is 6.92 Å². The van der Waals surface area contributed by atoms with Crippen LogP contribution in [0.1, 0.15) is 32.9 Å². The predicted octanol–water partition coefficient (Wildman–Crippen LogP) is 2.36. The Morgan fingerprint density at radius 3 is 2.41 bits per heavy atom. The molecule has 2 heterocycles. The number of carbonyl (C=O) groups excluding carboxylic acids is 2. The van der Waals surface area contributed by atoms with Crippen molar-refractivity contribution >= 4 is 39.5 Å². The van der Waals surface area contributed by atoms with Gasteiger partial charge in [-0.25, -0.2) is 9.97 Å². The SMILES string of the molecule is CC(=O)c1csc(NC(=O)c2csc(C)n2)n1. The first-order valence-electron chi connectivity index (χ1n) is 4.76. The highest BCUT2D eigenvalue weighted by Crippen LogP contribution is 2.17. The Kier molecular flexibility index (Phi) is 3.30. The maximum Gasteiger partial charge on any atom is 0.276 e. The summed E-state index contributed by atoms with van der Waals surface area (Å²) in [7, 11) is 0. The Morgan fingerprint density at radius 1 is 1.18 bits per heavy atom. The van der Waals surface area contributed by atoms with Gasteiger partial charge in [0.2, 0.25) is 0 Å². The number of anilines is 1. The molecule has 1 N–H and O–H groups in total. The normalized spacial score (nSPS) is 10.2. The third kappa shape index (κ3) is 2.75. The number of carbonyl (C=O) groups is 2. The van der Waals surface area contributed by atoms with Gasteiger partial charge >= 0.3 is 0 Å². The molecular weight excluding hydrogens is 258 g/mol. The molecule has 0 radical (unpaired) electrons. The van der Waals surface area contributed by atoms with Gasteiger partial charge in [0, 0.05) is 17.7 Å². The Bertz CT molecular complexity index is 574. The van der Waals surface area contributed by atoms with Crippen molar-refractivity contribution in [2.24, 2.45) is 0 Å². The number of ketones is 1. The number of nitrogens with zero attached hydrogens (tertiary/aromatic N) is 2. The number of amides is 1. The van der Waals surface area contributed by atoms with Gasteiger partial charge in [-0.1, -0.05) is 0 Å². The summed E-state index contributed by atoms with van der Waals surface area (Å²) in [6.07, 6.45) is 0. The van der Waals surface area contributed by atoms with Crippen LogP contribution in [0.25, 0.3) is 0 Å². The minimum Gasteiger partial charge on any atom is -0.296 e. The Balaban J connectivity index is 2.10. The van der Waals surface area contributed by atoms with E-state index in [1.54, 1.807) is 10.8 Å². The minimum atomic E-state index is -0.307. The minimum absolute atomic E-state index is 0.119. The van der Waals surface area contributed by atoms with E-state index in [0.717, 1.165) is 5.01 Å². The van der Waals surface area contributed by atoms with Crippen molar-refractivity contribution in [3.05, 3.63) is 27.2 Å². The quantitative estimate of drug-likeness (QED) is 0.866. The van der Waals surface area contributed by atoms with E-state index in [4.69, 9.17) is 0 Å². The number of rotatable bonds is 3. The van der Waals surface area contributed by atoms with E-state index in [9.17, 15) is 9.59 Å². The molecule has 2 rings (SSSR count). The summed E-state index contributed by atoms with van der Waals surface area (Å²) in [6.45, 7) is 3.27. The average Bonchev–Trinajstić information content (AvgIpc) is 2.86. The van der Waals surface area contributed by atoms with Crippen LogP contribution in [-0.2, 0) is 0 Å². The molecule has 0 atom stereocenters. The Labute approximate surface area is 106 Å². The lowest BCUT2D eigenvalue weighted by Gasteiger charge is -1.96. The van der Waals surface area contributed by atoms with E-state index in [2.05, 4.69) is 15.3 Å². The number of Topliss-reactive ketones (excluding diaryl/α,β-unsaturated/α-hetero) is 1. The first-order chi connectivity index (χ1) is 8.06. The molecule has 2 aromatic rings. The summed E-state index contributed by atoms with van der Waals surface area (Å²) in [4.78, 5) is 30.8. The molecule has 0 saturated heterocycles. The molecule has 5 nitrogen and oxygen atoms in total. The van der Waals surface area contributed by atoms with Crippen LogP contribution in [0, 0.1) is 6.92 Å². The maximum atomic E-state index is 11.7. The molecule has 7 heteroatoms. The van der Waals surface area contributed by atoms with Crippen LogP contribution in [0.15, 0.2) is 10.8 Å². The molecule has 0 aliphatic heterocycles. The van der Waals surface area contributed by atoms with Gasteiger partial charge in [0.15, 0.2) is 10.9 Å².